The molecule has 0 bridgehead atoms. The Kier molecular flexibility index (Phi) is 4.85. The second-order valence-corrected chi connectivity index (χ2v) is 5.00. The second-order valence-electron chi connectivity index (χ2n) is 5.00. The summed E-state index contributed by atoms with van der Waals surface area (Å²) in [5.74, 6) is -0.936. The molecule has 0 spiro atoms. The molecule has 1 aliphatic rings. The molecule has 1 aromatic carbocycles. The van der Waals surface area contributed by atoms with Gasteiger partial charge in [0.1, 0.15) is 11.6 Å². The molecule has 2 N–H and O–H groups in total. The maximum Gasteiger partial charge on any atom is 0.131 e. The van der Waals surface area contributed by atoms with Crippen LogP contribution in [-0.4, -0.2) is 30.9 Å². The van der Waals surface area contributed by atoms with Gasteiger partial charge in [-0.2, -0.15) is 0 Å². The molecule has 1 fully saturated rings. The highest BCUT2D eigenvalue weighted by Crippen LogP contribution is 2.19. The van der Waals surface area contributed by atoms with Crippen LogP contribution in [0.1, 0.15) is 25.0 Å². The minimum absolute atomic E-state index is 0.115. The SMILES string of the molecule is CC(NCC(O)c1ccc(F)cc1F)C1CCOC1. The zero-order chi connectivity index (χ0) is 13.8. The van der Waals surface area contributed by atoms with E-state index < -0.39 is 17.7 Å². The minimum atomic E-state index is -0.981. The maximum atomic E-state index is 13.5. The molecular formula is C14H19F2NO2. The summed E-state index contributed by atoms with van der Waals surface area (Å²) in [6, 6.07) is 3.41. The first kappa shape index (κ1) is 14.4. The van der Waals surface area contributed by atoms with Gasteiger partial charge in [-0.1, -0.05) is 6.07 Å². The summed E-state index contributed by atoms with van der Waals surface area (Å²) in [5, 5.41) is 13.1. The number of nitrogens with one attached hydrogen (secondary N) is 1. The van der Waals surface area contributed by atoms with Crippen LogP contribution >= 0.6 is 0 Å². The standard InChI is InChI=1S/C14H19F2NO2/c1-9(10-4-5-19-8-10)17-7-14(18)12-3-2-11(15)6-13(12)16/h2-3,6,9-10,14,17-18H,4-5,7-8H2,1H3. The third-order valence-electron chi connectivity index (χ3n) is 3.63. The van der Waals surface area contributed by atoms with Crippen molar-refractivity contribution in [3.8, 4) is 0 Å². The summed E-state index contributed by atoms with van der Waals surface area (Å²) in [6.45, 7) is 3.74. The van der Waals surface area contributed by atoms with Gasteiger partial charge in [-0.25, -0.2) is 8.78 Å². The number of benzene rings is 1. The van der Waals surface area contributed by atoms with Crippen LogP contribution in [0.5, 0.6) is 0 Å². The number of aliphatic hydroxyl groups excluding tert-OH is 1. The van der Waals surface area contributed by atoms with E-state index in [9.17, 15) is 13.9 Å². The molecule has 3 atom stereocenters. The molecule has 106 valence electrons. The third kappa shape index (κ3) is 3.72. The van der Waals surface area contributed by atoms with Crippen molar-refractivity contribution < 1.29 is 18.6 Å². The van der Waals surface area contributed by atoms with Gasteiger partial charge in [0.15, 0.2) is 0 Å². The average molecular weight is 271 g/mol. The highest BCUT2D eigenvalue weighted by atomic mass is 19.1. The highest BCUT2D eigenvalue weighted by molar-refractivity contribution is 5.21. The summed E-state index contributed by atoms with van der Waals surface area (Å²) in [5.41, 5.74) is 0.115. The van der Waals surface area contributed by atoms with E-state index >= 15 is 0 Å². The van der Waals surface area contributed by atoms with E-state index in [1.54, 1.807) is 0 Å². The average Bonchev–Trinajstić information content (AvgIpc) is 2.89. The van der Waals surface area contributed by atoms with E-state index in [1.165, 1.54) is 6.07 Å². The van der Waals surface area contributed by atoms with E-state index in [0.717, 1.165) is 31.8 Å². The van der Waals surface area contributed by atoms with Gasteiger partial charge in [0, 0.05) is 30.8 Å². The molecule has 0 saturated carbocycles. The van der Waals surface area contributed by atoms with Gasteiger partial charge in [-0.3, -0.25) is 0 Å². The molecular weight excluding hydrogens is 252 g/mol. The number of ether oxygens (including phenoxy) is 1. The number of halogens is 2. The van der Waals surface area contributed by atoms with Crippen LogP contribution in [0.15, 0.2) is 18.2 Å². The number of aliphatic hydroxyl groups is 1. The Morgan fingerprint density at radius 1 is 1.47 bits per heavy atom. The zero-order valence-electron chi connectivity index (χ0n) is 10.9. The van der Waals surface area contributed by atoms with Gasteiger partial charge in [-0.05, 0) is 25.3 Å². The lowest BCUT2D eigenvalue weighted by atomic mass is 10.00. The van der Waals surface area contributed by atoms with Crippen molar-refractivity contribution in [3.05, 3.63) is 35.4 Å². The number of hydrogen-bond donors (Lipinski definition) is 2. The second kappa shape index (κ2) is 6.41. The molecule has 0 amide bonds. The van der Waals surface area contributed by atoms with Crippen LogP contribution in [0.2, 0.25) is 0 Å². The van der Waals surface area contributed by atoms with Crippen molar-refractivity contribution in [2.75, 3.05) is 19.8 Å². The Hall–Kier alpha value is -1.04. The van der Waals surface area contributed by atoms with E-state index in [-0.39, 0.29) is 18.2 Å². The van der Waals surface area contributed by atoms with Crippen molar-refractivity contribution in [1.29, 1.82) is 0 Å². The molecule has 1 saturated heterocycles. The van der Waals surface area contributed by atoms with Crippen molar-refractivity contribution in [1.82, 2.24) is 5.32 Å². The molecule has 1 heterocycles. The normalized spacial score (nSPS) is 22.4. The molecule has 1 aromatic rings. The van der Waals surface area contributed by atoms with Gasteiger partial charge in [0.2, 0.25) is 0 Å². The lowest BCUT2D eigenvalue weighted by Gasteiger charge is -2.21. The molecule has 3 unspecified atom stereocenters. The van der Waals surface area contributed by atoms with E-state index in [0.29, 0.717) is 5.92 Å². The largest absolute Gasteiger partial charge is 0.387 e. The van der Waals surface area contributed by atoms with Gasteiger partial charge >= 0.3 is 0 Å². The Balaban J connectivity index is 1.88. The summed E-state index contributed by atoms with van der Waals surface area (Å²) >= 11 is 0. The van der Waals surface area contributed by atoms with Gasteiger partial charge in [0.25, 0.3) is 0 Å². The monoisotopic (exact) mass is 271 g/mol. The lowest BCUT2D eigenvalue weighted by Crippen LogP contribution is -2.36. The fourth-order valence-electron chi connectivity index (χ4n) is 2.29. The van der Waals surface area contributed by atoms with Gasteiger partial charge < -0.3 is 15.2 Å². The summed E-state index contributed by atoms with van der Waals surface area (Å²) in [7, 11) is 0. The first-order chi connectivity index (χ1) is 9.08. The molecule has 0 radical (unpaired) electrons. The number of hydrogen-bond acceptors (Lipinski definition) is 3. The molecule has 3 nitrogen and oxygen atoms in total. The maximum absolute atomic E-state index is 13.5. The van der Waals surface area contributed by atoms with Crippen molar-refractivity contribution in [2.24, 2.45) is 5.92 Å². The Morgan fingerprint density at radius 3 is 2.89 bits per heavy atom. The highest BCUT2D eigenvalue weighted by Gasteiger charge is 2.23. The fourth-order valence-corrected chi connectivity index (χ4v) is 2.29. The molecule has 0 aromatic heterocycles. The van der Waals surface area contributed by atoms with Crippen molar-refractivity contribution >= 4 is 0 Å². The first-order valence-electron chi connectivity index (χ1n) is 6.52. The van der Waals surface area contributed by atoms with Crippen LogP contribution in [0, 0.1) is 17.6 Å². The first-order valence-corrected chi connectivity index (χ1v) is 6.52. The molecule has 2 rings (SSSR count). The summed E-state index contributed by atoms with van der Waals surface area (Å²) < 4.78 is 31.6. The van der Waals surface area contributed by atoms with Gasteiger partial charge in [0.05, 0.1) is 12.7 Å². The lowest BCUT2D eigenvalue weighted by molar-refractivity contribution is 0.153. The predicted molar refractivity (Wildman–Crippen MR) is 67.7 cm³/mol. The van der Waals surface area contributed by atoms with E-state index in [1.807, 2.05) is 6.92 Å². The third-order valence-corrected chi connectivity index (χ3v) is 3.63. The quantitative estimate of drug-likeness (QED) is 0.861. The fraction of sp³-hybridized carbons (Fsp3) is 0.571. The van der Waals surface area contributed by atoms with Crippen LogP contribution in [0.3, 0.4) is 0 Å². The summed E-state index contributed by atoms with van der Waals surface area (Å²) in [4.78, 5) is 0. The van der Waals surface area contributed by atoms with Crippen molar-refractivity contribution in [2.45, 2.75) is 25.5 Å². The van der Waals surface area contributed by atoms with Crippen LogP contribution in [0.25, 0.3) is 0 Å². The van der Waals surface area contributed by atoms with Crippen LogP contribution < -0.4 is 5.32 Å². The Bertz CT molecular complexity index is 422. The van der Waals surface area contributed by atoms with E-state index in [4.69, 9.17) is 4.74 Å². The van der Waals surface area contributed by atoms with Crippen molar-refractivity contribution in [3.63, 3.8) is 0 Å². The molecule has 5 heteroatoms. The Labute approximate surface area is 111 Å². The number of rotatable bonds is 5. The smallest absolute Gasteiger partial charge is 0.131 e. The van der Waals surface area contributed by atoms with Crippen LogP contribution in [-0.2, 0) is 4.74 Å². The molecule has 1 aliphatic heterocycles. The molecule has 19 heavy (non-hydrogen) atoms. The zero-order valence-corrected chi connectivity index (χ0v) is 10.9. The van der Waals surface area contributed by atoms with Gasteiger partial charge in [-0.15, -0.1) is 0 Å². The van der Waals surface area contributed by atoms with Crippen LogP contribution in [0.4, 0.5) is 8.78 Å². The predicted octanol–water partition coefficient (Wildman–Crippen LogP) is 2.01. The van der Waals surface area contributed by atoms with E-state index in [2.05, 4.69) is 5.32 Å². The topological polar surface area (TPSA) is 41.5 Å². The minimum Gasteiger partial charge on any atom is -0.387 e. The Morgan fingerprint density at radius 2 is 2.26 bits per heavy atom. The molecule has 0 aliphatic carbocycles. The summed E-state index contributed by atoms with van der Waals surface area (Å²) in [6.07, 6.45) is 0.0141.